The summed E-state index contributed by atoms with van der Waals surface area (Å²) in [7, 11) is 0. The summed E-state index contributed by atoms with van der Waals surface area (Å²) in [6.45, 7) is 0. The van der Waals surface area contributed by atoms with Gasteiger partial charge in [-0.3, -0.25) is 4.79 Å². The van der Waals surface area contributed by atoms with E-state index in [1.165, 1.54) is 43.0 Å². The maximum absolute atomic E-state index is 11.6. The number of aromatic carboxylic acids is 1. The Morgan fingerprint density at radius 2 is 2.00 bits per heavy atom. The molecule has 100 valence electrons. The molecular formula is C14H15NO3S. The van der Waals surface area contributed by atoms with Crippen LogP contribution in [-0.2, 0) is 0 Å². The van der Waals surface area contributed by atoms with Gasteiger partial charge in [-0.25, -0.2) is 4.79 Å². The Kier molecular flexibility index (Phi) is 3.14. The Morgan fingerprint density at radius 3 is 2.68 bits per heavy atom. The summed E-state index contributed by atoms with van der Waals surface area (Å²) in [5, 5.41) is 8.97. The van der Waals surface area contributed by atoms with Gasteiger partial charge in [-0.2, -0.15) is 0 Å². The van der Waals surface area contributed by atoms with E-state index >= 15 is 0 Å². The fraction of sp³-hybridized carbons (Fsp3) is 0.429. The first-order valence-electron chi connectivity index (χ1n) is 6.55. The molecule has 0 amide bonds. The molecule has 0 aromatic carbocycles. The van der Waals surface area contributed by atoms with Crippen molar-refractivity contribution in [3.8, 4) is 0 Å². The lowest BCUT2D eigenvalue weighted by Gasteiger charge is -2.19. The third kappa shape index (κ3) is 2.30. The highest BCUT2D eigenvalue weighted by Gasteiger charge is 2.19. The molecule has 5 heteroatoms. The van der Waals surface area contributed by atoms with Crippen LogP contribution in [0.25, 0.3) is 10.2 Å². The number of rotatable bonds is 2. The summed E-state index contributed by atoms with van der Waals surface area (Å²) >= 11 is 1.61. The smallest absolute Gasteiger partial charge is 0.341 e. The molecule has 4 nitrogen and oxygen atoms in total. The number of carboxylic acid groups (broad SMARTS) is 1. The van der Waals surface area contributed by atoms with Crippen molar-refractivity contribution in [2.75, 3.05) is 0 Å². The average molecular weight is 277 g/mol. The topological polar surface area (TPSA) is 70.2 Å². The van der Waals surface area contributed by atoms with Gasteiger partial charge in [-0.1, -0.05) is 19.3 Å². The predicted molar refractivity (Wildman–Crippen MR) is 75.2 cm³/mol. The number of pyridine rings is 1. The van der Waals surface area contributed by atoms with Gasteiger partial charge in [0.2, 0.25) is 0 Å². The Balaban J connectivity index is 2.05. The van der Waals surface area contributed by atoms with E-state index in [9.17, 15) is 9.59 Å². The molecule has 0 aliphatic heterocycles. The average Bonchev–Trinajstić information content (AvgIpc) is 2.81. The van der Waals surface area contributed by atoms with E-state index in [0.717, 1.165) is 10.2 Å². The maximum atomic E-state index is 11.6. The second-order valence-electron chi connectivity index (χ2n) is 5.08. The molecule has 2 aromatic heterocycles. The summed E-state index contributed by atoms with van der Waals surface area (Å²) in [6.07, 6.45) is 6.22. The number of H-pyrrole nitrogens is 1. The monoisotopic (exact) mass is 277 g/mol. The zero-order valence-electron chi connectivity index (χ0n) is 10.4. The molecular weight excluding hydrogens is 262 g/mol. The minimum Gasteiger partial charge on any atom is -0.477 e. The van der Waals surface area contributed by atoms with Crippen LogP contribution in [0.4, 0.5) is 0 Å². The first-order chi connectivity index (χ1) is 9.15. The second kappa shape index (κ2) is 4.81. The number of hydrogen-bond donors (Lipinski definition) is 2. The van der Waals surface area contributed by atoms with Crippen LogP contribution < -0.4 is 5.56 Å². The van der Waals surface area contributed by atoms with Crippen molar-refractivity contribution in [2.24, 2.45) is 0 Å². The standard InChI is InChI=1S/C14H15NO3S/c16-13-9(14(17)18)6-12-10(15-13)7-11(19-12)8-4-2-1-3-5-8/h6-8H,1-5H2,(H,15,16)(H,17,18). The number of nitrogens with one attached hydrogen (secondary N) is 1. The molecule has 2 heterocycles. The third-order valence-electron chi connectivity index (χ3n) is 3.79. The molecule has 1 aliphatic carbocycles. The first kappa shape index (κ1) is 12.4. The highest BCUT2D eigenvalue weighted by atomic mass is 32.1. The molecule has 1 fully saturated rings. The number of aromatic nitrogens is 1. The van der Waals surface area contributed by atoms with Gasteiger partial charge in [0.1, 0.15) is 5.56 Å². The van der Waals surface area contributed by atoms with Gasteiger partial charge in [0.25, 0.3) is 5.56 Å². The highest BCUT2D eigenvalue weighted by molar-refractivity contribution is 7.19. The van der Waals surface area contributed by atoms with Crippen LogP contribution in [0.1, 0.15) is 53.3 Å². The van der Waals surface area contributed by atoms with Gasteiger partial charge in [0.05, 0.1) is 10.2 Å². The van der Waals surface area contributed by atoms with Gasteiger partial charge in [0, 0.05) is 4.88 Å². The number of aromatic amines is 1. The zero-order chi connectivity index (χ0) is 13.4. The van der Waals surface area contributed by atoms with Crippen LogP contribution in [0.15, 0.2) is 16.9 Å². The number of hydrogen-bond acceptors (Lipinski definition) is 3. The van der Waals surface area contributed by atoms with E-state index in [4.69, 9.17) is 5.11 Å². The molecule has 0 unspecified atom stereocenters. The van der Waals surface area contributed by atoms with Gasteiger partial charge in [-0.15, -0.1) is 11.3 Å². The summed E-state index contributed by atoms with van der Waals surface area (Å²) in [4.78, 5) is 26.5. The van der Waals surface area contributed by atoms with Crippen LogP contribution in [0.3, 0.4) is 0 Å². The minimum absolute atomic E-state index is 0.176. The molecule has 0 saturated heterocycles. The molecule has 2 aromatic rings. The number of fused-ring (bicyclic) bond motifs is 1. The summed E-state index contributed by atoms with van der Waals surface area (Å²) in [6, 6.07) is 3.51. The van der Waals surface area contributed by atoms with E-state index in [-0.39, 0.29) is 5.56 Å². The van der Waals surface area contributed by atoms with E-state index in [1.54, 1.807) is 11.3 Å². The first-order valence-corrected chi connectivity index (χ1v) is 7.37. The molecule has 0 spiro atoms. The Morgan fingerprint density at radius 1 is 1.26 bits per heavy atom. The number of thiophene rings is 1. The Bertz CT molecular complexity index is 680. The molecule has 0 atom stereocenters. The maximum Gasteiger partial charge on any atom is 0.341 e. The van der Waals surface area contributed by atoms with Crippen LogP contribution in [-0.4, -0.2) is 16.1 Å². The van der Waals surface area contributed by atoms with E-state index in [0.29, 0.717) is 5.92 Å². The second-order valence-corrected chi connectivity index (χ2v) is 6.19. The van der Waals surface area contributed by atoms with Crippen LogP contribution in [0.2, 0.25) is 0 Å². The number of carboxylic acids is 1. The van der Waals surface area contributed by atoms with Crippen molar-refractivity contribution in [1.29, 1.82) is 0 Å². The summed E-state index contributed by atoms with van der Waals surface area (Å²) in [5.41, 5.74) is 0.0677. The van der Waals surface area contributed by atoms with Crippen LogP contribution in [0.5, 0.6) is 0 Å². The molecule has 3 rings (SSSR count). The molecule has 0 radical (unpaired) electrons. The summed E-state index contributed by atoms with van der Waals surface area (Å²) < 4.78 is 0.859. The van der Waals surface area contributed by atoms with Crippen molar-refractivity contribution in [3.05, 3.63) is 32.9 Å². The van der Waals surface area contributed by atoms with Crippen molar-refractivity contribution >= 4 is 27.5 Å². The van der Waals surface area contributed by atoms with Crippen molar-refractivity contribution in [2.45, 2.75) is 38.0 Å². The fourth-order valence-electron chi connectivity index (χ4n) is 2.76. The lowest BCUT2D eigenvalue weighted by atomic mass is 9.88. The minimum atomic E-state index is -1.17. The zero-order valence-corrected chi connectivity index (χ0v) is 11.3. The van der Waals surface area contributed by atoms with Crippen molar-refractivity contribution in [1.82, 2.24) is 4.98 Å². The molecule has 0 bridgehead atoms. The number of carbonyl (C=O) groups is 1. The Hall–Kier alpha value is -1.62. The quantitative estimate of drug-likeness (QED) is 0.884. The van der Waals surface area contributed by atoms with Crippen molar-refractivity contribution < 1.29 is 9.90 Å². The summed E-state index contributed by atoms with van der Waals surface area (Å²) in [5.74, 6) is -0.598. The van der Waals surface area contributed by atoms with Crippen LogP contribution >= 0.6 is 11.3 Å². The predicted octanol–water partition coefficient (Wildman–Crippen LogP) is 3.34. The van der Waals surface area contributed by atoms with Crippen LogP contribution in [0, 0.1) is 0 Å². The van der Waals surface area contributed by atoms with Gasteiger partial charge in [0.15, 0.2) is 0 Å². The van der Waals surface area contributed by atoms with Crippen molar-refractivity contribution in [3.63, 3.8) is 0 Å². The van der Waals surface area contributed by atoms with E-state index in [2.05, 4.69) is 4.98 Å². The molecule has 1 aliphatic rings. The highest BCUT2D eigenvalue weighted by Crippen LogP contribution is 2.38. The molecule has 2 N–H and O–H groups in total. The molecule has 1 saturated carbocycles. The Labute approximate surface area is 114 Å². The SMILES string of the molecule is O=C(O)c1cc2sc(C3CCCCC3)cc2[nH]c1=O. The van der Waals surface area contributed by atoms with E-state index < -0.39 is 11.5 Å². The fourth-order valence-corrected chi connectivity index (χ4v) is 3.99. The van der Waals surface area contributed by atoms with Gasteiger partial charge in [-0.05, 0) is 30.9 Å². The lowest BCUT2D eigenvalue weighted by Crippen LogP contribution is -2.16. The molecule has 19 heavy (non-hydrogen) atoms. The van der Waals surface area contributed by atoms with Gasteiger partial charge < -0.3 is 10.1 Å². The lowest BCUT2D eigenvalue weighted by molar-refractivity contribution is 0.0695. The normalized spacial score (nSPS) is 16.8. The van der Waals surface area contributed by atoms with E-state index in [1.807, 2.05) is 6.07 Å². The largest absolute Gasteiger partial charge is 0.477 e. The third-order valence-corrected chi connectivity index (χ3v) is 5.03. The van der Waals surface area contributed by atoms with Gasteiger partial charge >= 0.3 is 5.97 Å².